The van der Waals surface area contributed by atoms with Crippen molar-refractivity contribution in [3.63, 3.8) is 0 Å². The highest BCUT2D eigenvalue weighted by atomic mass is 79.9. The maximum atomic E-state index is 11.4. The second-order valence-electron chi connectivity index (χ2n) is 4.30. The third-order valence-corrected chi connectivity index (χ3v) is 3.43. The summed E-state index contributed by atoms with van der Waals surface area (Å²) in [5, 5.41) is 3.95. The lowest BCUT2D eigenvalue weighted by atomic mass is 10.2. The number of ether oxygens (including phenoxy) is 1. The standard InChI is InChI=1S/C12H23BrN2O2/c13-5-2-1-4-12(16)14-6-3-7-15-8-10-17-11-9-15/h1-11H2,(H,14,16). The lowest BCUT2D eigenvalue weighted by Gasteiger charge is -2.26. The molecule has 0 radical (unpaired) electrons. The van der Waals surface area contributed by atoms with Crippen LogP contribution < -0.4 is 5.32 Å². The first-order valence-electron chi connectivity index (χ1n) is 6.45. The Morgan fingerprint density at radius 1 is 1.24 bits per heavy atom. The van der Waals surface area contributed by atoms with Crippen molar-refractivity contribution < 1.29 is 9.53 Å². The first kappa shape index (κ1) is 14.9. The summed E-state index contributed by atoms with van der Waals surface area (Å²) in [5.41, 5.74) is 0. The van der Waals surface area contributed by atoms with Gasteiger partial charge < -0.3 is 10.1 Å². The molecule has 1 N–H and O–H groups in total. The molecule has 1 fully saturated rings. The van der Waals surface area contributed by atoms with Gasteiger partial charge in [-0.05, 0) is 25.8 Å². The Bertz CT molecular complexity index is 209. The van der Waals surface area contributed by atoms with Gasteiger partial charge in [0, 0.05) is 31.4 Å². The number of rotatable bonds is 8. The molecule has 1 aliphatic heterocycles. The van der Waals surface area contributed by atoms with Gasteiger partial charge in [0.05, 0.1) is 13.2 Å². The van der Waals surface area contributed by atoms with E-state index in [0.29, 0.717) is 6.42 Å². The molecule has 0 aromatic carbocycles. The molecule has 0 aromatic rings. The number of morpholine rings is 1. The summed E-state index contributed by atoms with van der Waals surface area (Å²) in [4.78, 5) is 13.8. The molecule has 1 amide bonds. The summed E-state index contributed by atoms with van der Waals surface area (Å²) in [5.74, 6) is 0.188. The van der Waals surface area contributed by atoms with Gasteiger partial charge in [-0.3, -0.25) is 9.69 Å². The van der Waals surface area contributed by atoms with Crippen LogP contribution in [0.4, 0.5) is 0 Å². The summed E-state index contributed by atoms with van der Waals surface area (Å²) in [6.45, 7) is 5.60. The molecule has 0 saturated carbocycles. The van der Waals surface area contributed by atoms with E-state index < -0.39 is 0 Å². The fraction of sp³-hybridized carbons (Fsp3) is 0.917. The number of alkyl halides is 1. The van der Waals surface area contributed by atoms with Crippen molar-refractivity contribution in [2.24, 2.45) is 0 Å². The molecule has 4 nitrogen and oxygen atoms in total. The second-order valence-corrected chi connectivity index (χ2v) is 5.10. The molecular formula is C12H23BrN2O2. The Kier molecular flexibility index (Phi) is 8.65. The largest absolute Gasteiger partial charge is 0.379 e. The van der Waals surface area contributed by atoms with Crippen molar-refractivity contribution in [2.75, 3.05) is 44.7 Å². The predicted octanol–water partition coefficient (Wildman–Crippen LogP) is 1.39. The first-order valence-corrected chi connectivity index (χ1v) is 7.58. The van der Waals surface area contributed by atoms with E-state index >= 15 is 0 Å². The van der Waals surface area contributed by atoms with Gasteiger partial charge in [-0.15, -0.1) is 0 Å². The van der Waals surface area contributed by atoms with Gasteiger partial charge in [0.1, 0.15) is 0 Å². The number of unbranched alkanes of at least 4 members (excludes halogenated alkanes) is 1. The van der Waals surface area contributed by atoms with Gasteiger partial charge in [0.2, 0.25) is 5.91 Å². The maximum Gasteiger partial charge on any atom is 0.219 e. The Hall–Kier alpha value is -0.130. The summed E-state index contributed by atoms with van der Waals surface area (Å²) in [6, 6.07) is 0. The van der Waals surface area contributed by atoms with Gasteiger partial charge >= 0.3 is 0 Å². The molecule has 0 aromatic heterocycles. The fourth-order valence-electron chi connectivity index (χ4n) is 1.82. The highest BCUT2D eigenvalue weighted by molar-refractivity contribution is 9.09. The van der Waals surface area contributed by atoms with E-state index in [2.05, 4.69) is 26.1 Å². The SMILES string of the molecule is O=C(CCCCBr)NCCCN1CCOCC1. The van der Waals surface area contributed by atoms with Crippen LogP contribution in [0, 0.1) is 0 Å². The van der Waals surface area contributed by atoms with E-state index in [1.165, 1.54) is 0 Å². The molecule has 0 atom stereocenters. The molecule has 0 bridgehead atoms. The number of halogens is 1. The van der Waals surface area contributed by atoms with Crippen LogP contribution in [-0.2, 0) is 9.53 Å². The molecule has 0 unspecified atom stereocenters. The van der Waals surface area contributed by atoms with Gasteiger partial charge in [-0.25, -0.2) is 0 Å². The van der Waals surface area contributed by atoms with Crippen LogP contribution in [0.15, 0.2) is 0 Å². The Morgan fingerprint density at radius 3 is 2.71 bits per heavy atom. The zero-order valence-electron chi connectivity index (χ0n) is 10.4. The van der Waals surface area contributed by atoms with Crippen LogP contribution in [0.3, 0.4) is 0 Å². The average molecular weight is 307 g/mol. The predicted molar refractivity (Wildman–Crippen MR) is 72.5 cm³/mol. The second kappa shape index (κ2) is 9.85. The van der Waals surface area contributed by atoms with Crippen LogP contribution in [0.5, 0.6) is 0 Å². The van der Waals surface area contributed by atoms with Crippen molar-refractivity contribution in [1.29, 1.82) is 0 Å². The zero-order chi connectivity index (χ0) is 12.3. The summed E-state index contributed by atoms with van der Waals surface area (Å²) < 4.78 is 5.28. The molecule has 17 heavy (non-hydrogen) atoms. The minimum Gasteiger partial charge on any atom is -0.379 e. The third kappa shape index (κ3) is 7.73. The van der Waals surface area contributed by atoms with Crippen LogP contribution in [0.25, 0.3) is 0 Å². The molecule has 1 saturated heterocycles. The summed E-state index contributed by atoms with van der Waals surface area (Å²) >= 11 is 3.36. The van der Waals surface area contributed by atoms with Gasteiger partial charge in [-0.2, -0.15) is 0 Å². The normalized spacial score (nSPS) is 17.0. The number of carbonyl (C=O) groups excluding carboxylic acids is 1. The van der Waals surface area contributed by atoms with E-state index in [0.717, 1.165) is 64.0 Å². The van der Waals surface area contributed by atoms with Gasteiger partial charge in [0.15, 0.2) is 0 Å². The minimum absolute atomic E-state index is 0.188. The Labute approximate surface area is 112 Å². The van der Waals surface area contributed by atoms with Gasteiger partial charge in [-0.1, -0.05) is 15.9 Å². The van der Waals surface area contributed by atoms with Crippen molar-refractivity contribution in [3.05, 3.63) is 0 Å². The lowest BCUT2D eigenvalue weighted by molar-refractivity contribution is -0.121. The molecule has 0 spiro atoms. The topological polar surface area (TPSA) is 41.6 Å². The van der Waals surface area contributed by atoms with Crippen molar-refractivity contribution in [2.45, 2.75) is 25.7 Å². The fourth-order valence-corrected chi connectivity index (χ4v) is 2.22. The molecule has 1 rings (SSSR count). The number of nitrogens with zero attached hydrogens (tertiary/aromatic N) is 1. The molecule has 5 heteroatoms. The number of hydrogen-bond donors (Lipinski definition) is 1. The maximum absolute atomic E-state index is 11.4. The van der Waals surface area contributed by atoms with Gasteiger partial charge in [0.25, 0.3) is 0 Å². The molecule has 1 heterocycles. The smallest absolute Gasteiger partial charge is 0.219 e. The lowest BCUT2D eigenvalue weighted by Crippen LogP contribution is -2.38. The minimum atomic E-state index is 0.188. The van der Waals surface area contributed by atoms with Crippen molar-refractivity contribution in [3.8, 4) is 0 Å². The third-order valence-electron chi connectivity index (χ3n) is 2.86. The van der Waals surface area contributed by atoms with E-state index in [4.69, 9.17) is 4.74 Å². The summed E-state index contributed by atoms with van der Waals surface area (Å²) in [6.07, 6.45) is 3.73. The number of amides is 1. The number of hydrogen-bond acceptors (Lipinski definition) is 3. The highest BCUT2D eigenvalue weighted by Gasteiger charge is 2.09. The van der Waals surface area contributed by atoms with Crippen LogP contribution in [0.1, 0.15) is 25.7 Å². The van der Waals surface area contributed by atoms with Crippen LogP contribution in [0.2, 0.25) is 0 Å². The molecule has 0 aliphatic carbocycles. The van der Waals surface area contributed by atoms with Crippen molar-refractivity contribution in [1.82, 2.24) is 10.2 Å². The van der Waals surface area contributed by atoms with Crippen LogP contribution >= 0.6 is 15.9 Å². The number of nitrogens with one attached hydrogen (secondary N) is 1. The Balaban J connectivity index is 1.90. The quantitative estimate of drug-likeness (QED) is 0.544. The average Bonchev–Trinajstić information content (AvgIpc) is 2.36. The zero-order valence-corrected chi connectivity index (χ0v) is 12.0. The van der Waals surface area contributed by atoms with E-state index in [1.807, 2.05) is 0 Å². The molecule has 1 aliphatic rings. The Morgan fingerprint density at radius 2 is 2.00 bits per heavy atom. The number of carbonyl (C=O) groups is 1. The van der Waals surface area contributed by atoms with E-state index in [1.54, 1.807) is 0 Å². The summed E-state index contributed by atoms with van der Waals surface area (Å²) in [7, 11) is 0. The molecular weight excluding hydrogens is 284 g/mol. The van der Waals surface area contributed by atoms with E-state index in [9.17, 15) is 4.79 Å². The highest BCUT2D eigenvalue weighted by Crippen LogP contribution is 1.99. The monoisotopic (exact) mass is 306 g/mol. The first-order chi connectivity index (χ1) is 8.33. The van der Waals surface area contributed by atoms with E-state index in [-0.39, 0.29) is 5.91 Å². The van der Waals surface area contributed by atoms with Crippen LogP contribution in [-0.4, -0.2) is 55.5 Å². The molecule has 100 valence electrons. The van der Waals surface area contributed by atoms with Crippen molar-refractivity contribution >= 4 is 21.8 Å².